The van der Waals surface area contributed by atoms with Gasteiger partial charge in [0.2, 0.25) is 11.8 Å². The van der Waals surface area contributed by atoms with Crippen LogP contribution in [-0.2, 0) is 20.8 Å². The molecular weight excluding hydrogens is 576 g/mol. The van der Waals surface area contributed by atoms with E-state index in [0.717, 1.165) is 0 Å². The topological polar surface area (TPSA) is 128 Å². The summed E-state index contributed by atoms with van der Waals surface area (Å²) in [5.41, 5.74) is 1.20. The standard InChI is InChI=1S/C30H33F2N7O5/c31-24-5-1-22(2-6-24)29-35-30(23-3-7-25(32)8-4-23)39(36-29)20-28(41)38-11-9-37(10-12-38)26-19-27(34-21-33-26)44-18-17-43-16-15-42-14-13-40/h1-8,19,21,40H,9-18,20H2. The summed E-state index contributed by atoms with van der Waals surface area (Å²) in [5, 5.41) is 13.2. The second-order valence-electron chi connectivity index (χ2n) is 9.81. The van der Waals surface area contributed by atoms with Crippen LogP contribution in [0.4, 0.5) is 14.6 Å². The molecule has 0 spiro atoms. The molecule has 1 amide bonds. The van der Waals surface area contributed by atoms with E-state index in [2.05, 4.69) is 25.0 Å². The monoisotopic (exact) mass is 609 g/mol. The van der Waals surface area contributed by atoms with Crippen molar-refractivity contribution in [3.63, 3.8) is 0 Å². The Morgan fingerprint density at radius 2 is 1.45 bits per heavy atom. The zero-order valence-corrected chi connectivity index (χ0v) is 24.0. The summed E-state index contributed by atoms with van der Waals surface area (Å²) >= 11 is 0. The molecule has 3 heterocycles. The lowest BCUT2D eigenvalue weighted by Gasteiger charge is -2.35. The molecule has 1 N–H and O–H groups in total. The highest BCUT2D eigenvalue weighted by atomic mass is 19.1. The molecular formula is C30H33F2N7O5. The van der Waals surface area contributed by atoms with E-state index in [9.17, 15) is 13.6 Å². The van der Waals surface area contributed by atoms with Gasteiger partial charge in [0.05, 0.1) is 33.0 Å². The van der Waals surface area contributed by atoms with Crippen LogP contribution in [0.1, 0.15) is 0 Å². The van der Waals surface area contributed by atoms with Gasteiger partial charge in [0.1, 0.15) is 36.9 Å². The number of hydrogen-bond acceptors (Lipinski definition) is 10. The molecule has 12 nitrogen and oxygen atoms in total. The van der Waals surface area contributed by atoms with Crippen molar-refractivity contribution in [1.29, 1.82) is 0 Å². The van der Waals surface area contributed by atoms with Crippen molar-refractivity contribution >= 4 is 11.7 Å². The Morgan fingerprint density at radius 3 is 2.14 bits per heavy atom. The maximum Gasteiger partial charge on any atom is 0.244 e. The number of nitrogens with zero attached hydrogens (tertiary/aromatic N) is 7. The van der Waals surface area contributed by atoms with Crippen LogP contribution in [-0.4, -0.2) is 106 Å². The first-order valence-electron chi connectivity index (χ1n) is 14.2. The van der Waals surface area contributed by atoms with Crippen LogP contribution in [0.5, 0.6) is 5.88 Å². The van der Waals surface area contributed by atoms with Crippen molar-refractivity contribution in [2.24, 2.45) is 0 Å². The molecule has 2 aromatic carbocycles. The van der Waals surface area contributed by atoms with Crippen LogP contribution >= 0.6 is 0 Å². The Balaban J connectivity index is 1.17. The first kappa shape index (κ1) is 30.9. The Bertz CT molecular complexity index is 1500. The summed E-state index contributed by atoms with van der Waals surface area (Å²) in [6, 6.07) is 13.3. The molecule has 5 rings (SSSR count). The van der Waals surface area contributed by atoms with Gasteiger partial charge in [-0.2, -0.15) is 0 Å². The van der Waals surface area contributed by atoms with Crippen molar-refractivity contribution in [3.05, 3.63) is 72.6 Å². The molecule has 0 radical (unpaired) electrons. The van der Waals surface area contributed by atoms with Gasteiger partial charge in [-0.1, -0.05) is 0 Å². The number of benzene rings is 2. The summed E-state index contributed by atoms with van der Waals surface area (Å²) in [4.78, 5) is 30.3. The molecule has 0 aliphatic carbocycles. The molecule has 2 aromatic heterocycles. The van der Waals surface area contributed by atoms with Crippen LogP contribution < -0.4 is 9.64 Å². The van der Waals surface area contributed by atoms with Crippen molar-refractivity contribution in [3.8, 4) is 28.7 Å². The second kappa shape index (κ2) is 15.3. The van der Waals surface area contributed by atoms with Crippen molar-refractivity contribution in [2.75, 3.05) is 70.7 Å². The summed E-state index contributed by atoms with van der Waals surface area (Å²) in [6.45, 7) is 3.73. The van der Waals surface area contributed by atoms with E-state index >= 15 is 0 Å². The first-order valence-corrected chi connectivity index (χ1v) is 14.2. The molecule has 0 unspecified atom stereocenters. The van der Waals surface area contributed by atoms with Crippen LogP contribution in [0, 0.1) is 11.6 Å². The van der Waals surface area contributed by atoms with Crippen LogP contribution in [0.2, 0.25) is 0 Å². The first-order chi connectivity index (χ1) is 21.5. The fourth-order valence-corrected chi connectivity index (χ4v) is 4.57. The largest absolute Gasteiger partial charge is 0.475 e. The number of aromatic nitrogens is 5. The Kier molecular flexibility index (Phi) is 10.7. The van der Waals surface area contributed by atoms with Gasteiger partial charge in [0, 0.05) is 43.4 Å². The quantitative estimate of drug-likeness (QED) is 0.213. The highest BCUT2D eigenvalue weighted by molar-refractivity contribution is 5.77. The lowest BCUT2D eigenvalue weighted by atomic mass is 10.2. The third-order valence-electron chi connectivity index (χ3n) is 6.83. The van der Waals surface area contributed by atoms with E-state index in [-0.39, 0.29) is 37.3 Å². The van der Waals surface area contributed by atoms with Gasteiger partial charge in [-0.15, -0.1) is 5.10 Å². The fraction of sp³-hybridized carbons (Fsp3) is 0.367. The van der Waals surface area contributed by atoms with Gasteiger partial charge >= 0.3 is 0 Å². The van der Waals surface area contributed by atoms with Crippen molar-refractivity contribution in [1.82, 2.24) is 29.6 Å². The zero-order valence-electron chi connectivity index (χ0n) is 24.0. The normalized spacial score (nSPS) is 13.3. The average Bonchev–Trinajstić information content (AvgIpc) is 3.46. The lowest BCUT2D eigenvalue weighted by Crippen LogP contribution is -2.50. The predicted molar refractivity (Wildman–Crippen MR) is 156 cm³/mol. The number of rotatable bonds is 14. The van der Waals surface area contributed by atoms with Crippen LogP contribution in [0.15, 0.2) is 60.9 Å². The van der Waals surface area contributed by atoms with E-state index in [1.165, 1.54) is 35.3 Å². The van der Waals surface area contributed by atoms with Gasteiger partial charge in [-0.25, -0.2) is 28.4 Å². The summed E-state index contributed by atoms with van der Waals surface area (Å²) in [5.74, 6) is 0.948. The van der Waals surface area contributed by atoms with Gasteiger partial charge < -0.3 is 29.1 Å². The number of aliphatic hydroxyl groups excluding tert-OH is 1. The van der Waals surface area contributed by atoms with E-state index < -0.39 is 0 Å². The molecule has 14 heteroatoms. The zero-order chi connectivity index (χ0) is 30.7. The minimum Gasteiger partial charge on any atom is -0.475 e. The third kappa shape index (κ3) is 8.30. The number of hydrogen-bond donors (Lipinski definition) is 1. The van der Waals surface area contributed by atoms with E-state index in [1.54, 1.807) is 35.2 Å². The number of anilines is 1. The molecule has 0 atom stereocenters. The second-order valence-corrected chi connectivity index (χ2v) is 9.81. The van der Waals surface area contributed by atoms with Crippen molar-refractivity contribution in [2.45, 2.75) is 6.54 Å². The van der Waals surface area contributed by atoms with Gasteiger partial charge in [-0.05, 0) is 48.5 Å². The SMILES string of the molecule is O=C(Cn1nc(-c2ccc(F)cc2)nc1-c1ccc(F)cc1)N1CCN(c2cc(OCCOCCOCCO)ncn2)CC1. The minimum atomic E-state index is -0.388. The van der Waals surface area contributed by atoms with E-state index in [0.29, 0.717) is 87.1 Å². The highest BCUT2D eigenvalue weighted by Crippen LogP contribution is 2.24. The Hall–Kier alpha value is -4.53. The highest BCUT2D eigenvalue weighted by Gasteiger charge is 2.24. The Morgan fingerprint density at radius 1 is 0.818 bits per heavy atom. The number of amides is 1. The molecule has 0 saturated carbocycles. The predicted octanol–water partition coefficient (Wildman–Crippen LogP) is 2.43. The number of aliphatic hydroxyl groups is 1. The third-order valence-corrected chi connectivity index (χ3v) is 6.83. The summed E-state index contributed by atoms with van der Waals surface area (Å²) in [6.07, 6.45) is 1.44. The summed E-state index contributed by atoms with van der Waals surface area (Å²) < 4.78 is 44.8. The number of halogens is 2. The summed E-state index contributed by atoms with van der Waals surface area (Å²) in [7, 11) is 0. The number of piperazine rings is 1. The van der Waals surface area contributed by atoms with E-state index in [1.807, 2.05) is 0 Å². The average molecular weight is 610 g/mol. The molecule has 1 saturated heterocycles. The maximum absolute atomic E-state index is 13.6. The van der Waals surface area contributed by atoms with Gasteiger partial charge in [0.15, 0.2) is 11.6 Å². The van der Waals surface area contributed by atoms with Gasteiger partial charge in [-0.3, -0.25) is 4.79 Å². The number of ether oxygens (including phenoxy) is 3. The molecule has 0 bridgehead atoms. The van der Waals surface area contributed by atoms with Gasteiger partial charge in [0.25, 0.3) is 0 Å². The molecule has 1 aliphatic heterocycles. The maximum atomic E-state index is 13.6. The molecule has 44 heavy (non-hydrogen) atoms. The van der Waals surface area contributed by atoms with Crippen LogP contribution in [0.25, 0.3) is 22.8 Å². The Labute approximate surface area is 252 Å². The molecule has 1 fully saturated rings. The smallest absolute Gasteiger partial charge is 0.244 e. The molecule has 1 aliphatic rings. The molecule has 4 aromatic rings. The fourth-order valence-electron chi connectivity index (χ4n) is 4.57. The molecule has 232 valence electrons. The van der Waals surface area contributed by atoms with E-state index in [4.69, 9.17) is 19.3 Å². The lowest BCUT2D eigenvalue weighted by molar-refractivity contribution is -0.132. The number of carbonyl (C=O) groups is 1. The van der Waals surface area contributed by atoms with Crippen LogP contribution in [0.3, 0.4) is 0 Å². The number of carbonyl (C=O) groups excluding carboxylic acids is 1. The minimum absolute atomic E-state index is 0.0198. The van der Waals surface area contributed by atoms with Crippen molar-refractivity contribution < 1.29 is 32.9 Å².